The van der Waals surface area contributed by atoms with E-state index >= 15 is 0 Å². The molecule has 1 nitrogen and oxygen atoms in total. The number of alkyl halides is 3. The summed E-state index contributed by atoms with van der Waals surface area (Å²) in [7, 11) is 0. The molecule has 1 N–H and O–H groups in total. The summed E-state index contributed by atoms with van der Waals surface area (Å²) in [4.78, 5) is 0. The standard InChI is InChI=1S/C14H8F6O/c15-9-2-1-3-10(16)12(9)13(21)7-4-5-8(11(17)6-7)14(18,19)20/h1-6,13,21H. The first kappa shape index (κ1) is 15.4. The minimum atomic E-state index is -4.89. The van der Waals surface area contributed by atoms with Crippen LogP contribution in [0.5, 0.6) is 0 Å². The van der Waals surface area contributed by atoms with Crippen molar-refractivity contribution in [1.29, 1.82) is 0 Å². The largest absolute Gasteiger partial charge is 0.419 e. The van der Waals surface area contributed by atoms with Gasteiger partial charge >= 0.3 is 6.18 Å². The van der Waals surface area contributed by atoms with E-state index in [1.807, 2.05) is 0 Å². The zero-order valence-corrected chi connectivity index (χ0v) is 10.3. The zero-order chi connectivity index (χ0) is 15.8. The van der Waals surface area contributed by atoms with Gasteiger partial charge in [0, 0.05) is 0 Å². The highest BCUT2D eigenvalue weighted by Gasteiger charge is 2.34. The zero-order valence-electron chi connectivity index (χ0n) is 10.3. The second-order valence-electron chi connectivity index (χ2n) is 4.27. The Kier molecular flexibility index (Phi) is 3.95. The van der Waals surface area contributed by atoms with Crippen LogP contribution in [0.3, 0.4) is 0 Å². The quantitative estimate of drug-likeness (QED) is 0.824. The van der Waals surface area contributed by atoms with Gasteiger partial charge in [0.1, 0.15) is 23.6 Å². The summed E-state index contributed by atoms with van der Waals surface area (Å²) in [5.74, 6) is -3.79. The summed E-state index contributed by atoms with van der Waals surface area (Å²) < 4.78 is 77.6. The van der Waals surface area contributed by atoms with Crippen LogP contribution in [0, 0.1) is 17.5 Å². The Labute approximate surface area is 115 Å². The number of aliphatic hydroxyl groups excluding tert-OH is 1. The van der Waals surface area contributed by atoms with Crippen molar-refractivity contribution in [3.8, 4) is 0 Å². The van der Waals surface area contributed by atoms with Gasteiger partial charge in [0.2, 0.25) is 0 Å². The Balaban J connectivity index is 2.46. The molecule has 0 bridgehead atoms. The summed E-state index contributed by atoms with van der Waals surface area (Å²) in [6.07, 6.45) is -6.81. The summed E-state index contributed by atoms with van der Waals surface area (Å²) in [5.41, 5.74) is -2.66. The molecule has 0 saturated heterocycles. The van der Waals surface area contributed by atoms with Gasteiger partial charge in [-0.25, -0.2) is 13.2 Å². The number of hydrogen-bond donors (Lipinski definition) is 1. The minimum Gasteiger partial charge on any atom is -0.383 e. The van der Waals surface area contributed by atoms with Gasteiger partial charge in [0.05, 0.1) is 11.1 Å². The van der Waals surface area contributed by atoms with Crippen molar-refractivity contribution in [2.45, 2.75) is 12.3 Å². The predicted molar refractivity (Wildman–Crippen MR) is 61.8 cm³/mol. The third-order valence-electron chi connectivity index (χ3n) is 2.89. The smallest absolute Gasteiger partial charge is 0.383 e. The second-order valence-corrected chi connectivity index (χ2v) is 4.27. The summed E-state index contributed by atoms with van der Waals surface area (Å²) in [5, 5.41) is 9.84. The fourth-order valence-corrected chi connectivity index (χ4v) is 1.87. The average molecular weight is 306 g/mol. The van der Waals surface area contributed by atoms with Gasteiger partial charge in [-0.2, -0.15) is 13.2 Å². The number of aliphatic hydroxyl groups is 1. The molecule has 0 aromatic heterocycles. The van der Waals surface area contributed by atoms with Gasteiger partial charge in [-0.1, -0.05) is 12.1 Å². The van der Waals surface area contributed by atoms with E-state index < -0.39 is 40.9 Å². The van der Waals surface area contributed by atoms with Crippen LogP contribution in [0.25, 0.3) is 0 Å². The molecule has 0 saturated carbocycles. The van der Waals surface area contributed by atoms with Gasteiger partial charge in [-0.05, 0) is 29.8 Å². The third-order valence-corrected chi connectivity index (χ3v) is 2.89. The molecule has 0 radical (unpaired) electrons. The highest BCUT2D eigenvalue weighted by atomic mass is 19.4. The van der Waals surface area contributed by atoms with Gasteiger partial charge in [0.25, 0.3) is 0 Å². The summed E-state index contributed by atoms with van der Waals surface area (Å²) in [6.45, 7) is 0. The maximum atomic E-state index is 13.5. The van der Waals surface area contributed by atoms with Crippen LogP contribution in [0.1, 0.15) is 22.8 Å². The molecule has 2 aromatic carbocycles. The molecule has 0 aliphatic rings. The summed E-state index contributed by atoms with van der Waals surface area (Å²) in [6, 6.07) is 4.40. The van der Waals surface area contributed by atoms with Gasteiger partial charge < -0.3 is 5.11 Å². The minimum absolute atomic E-state index is 0.385. The first-order valence-electron chi connectivity index (χ1n) is 5.70. The second kappa shape index (κ2) is 5.40. The first-order valence-corrected chi connectivity index (χ1v) is 5.70. The van der Waals surface area contributed by atoms with Crippen molar-refractivity contribution in [2.24, 2.45) is 0 Å². The third kappa shape index (κ3) is 3.02. The molecule has 0 aliphatic carbocycles. The molecule has 7 heteroatoms. The Bertz CT molecular complexity index is 645. The molecular weight excluding hydrogens is 298 g/mol. The maximum absolute atomic E-state index is 13.5. The maximum Gasteiger partial charge on any atom is 0.419 e. The molecule has 2 aromatic rings. The molecule has 2 rings (SSSR count). The lowest BCUT2D eigenvalue weighted by Gasteiger charge is -2.15. The van der Waals surface area contributed by atoms with E-state index in [2.05, 4.69) is 0 Å². The van der Waals surface area contributed by atoms with E-state index in [1.54, 1.807) is 0 Å². The van der Waals surface area contributed by atoms with Crippen molar-refractivity contribution >= 4 is 0 Å². The van der Waals surface area contributed by atoms with E-state index in [9.17, 15) is 31.4 Å². The molecule has 0 aliphatic heterocycles. The SMILES string of the molecule is OC(c1ccc(C(F)(F)F)c(F)c1)c1c(F)cccc1F. The van der Waals surface area contributed by atoms with Crippen molar-refractivity contribution in [1.82, 2.24) is 0 Å². The van der Waals surface area contributed by atoms with Crippen molar-refractivity contribution in [3.63, 3.8) is 0 Å². The molecule has 0 heterocycles. The van der Waals surface area contributed by atoms with E-state index in [1.165, 1.54) is 0 Å². The van der Waals surface area contributed by atoms with Crippen LogP contribution in [0.15, 0.2) is 36.4 Å². The Hall–Kier alpha value is -2.02. The van der Waals surface area contributed by atoms with Gasteiger partial charge in [-0.15, -0.1) is 0 Å². The highest BCUT2D eigenvalue weighted by Crippen LogP contribution is 2.34. The molecule has 1 unspecified atom stereocenters. The monoisotopic (exact) mass is 306 g/mol. The van der Waals surface area contributed by atoms with Crippen LogP contribution in [0.4, 0.5) is 26.3 Å². The molecular formula is C14H8F6O. The Morgan fingerprint density at radius 3 is 1.90 bits per heavy atom. The Morgan fingerprint density at radius 2 is 1.43 bits per heavy atom. The van der Waals surface area contributed by atoms with E-state index in [0.717, 1.165) is 24.3 Å². The number of halogens is 6. The van der Waals surface area contributed by atoms with Crippen molar-refractivity contribution in [3.05, 3.63) is 70.5 Å². The lowest BCUT2D eigenvalue weighted by molar-refractivity contribution is -0.140. The van der Waals surface area contributed by atoms with Crippen LogP contribution < -0.4 is 0 Å². The van der Waals surface area contributed by atoms with Gasteiger partial charge in [-0.3, -0.25) is 0 Å². The van der Waals surface area contributed by atoms with E-state index in [4.69, 9.17) is 0 Å². The van der Waals surface area contributed by atoms with E-state index in [0.29, 0.717) is 12.1 Å². The lowest BCUT2D eigenvalue weighted by atomic mass is 9.99. The first-order chi connectivity index (χ1) is 9.71. The van der Waals surface area contributed by atoms with Gasteiger partial charge in [0.15, 0.2) is 0 Å². The fourth-order valence-electron chi connectivity index (χ4n) is 1.87. The molecule has 0 spiro atoms. The highest BCUT2D eigenvalue weighted by molar-refractivity contribution is 5.35. The van der Waals surface area contributed by atoms with Crippen molar-refractivity contribution in [2.75, 3.05) is 0 Å². The van der Waals surface area contributed by atoms with Crippen LogP contribution in [-0.2, 0) is 6.18 Å². The summed E-state index contributed by atoms with van der Waals surface area (Å²) >= 11 is 0. The lowest BCUT2D eigenvalue weighted by Crippen LogP contribution is -2.11. The van der Waals surface area contributed by atoms with Crippen LogP contribution >= 0.6 is 0 Å². The van der Waals surface area contributed by atoms with Crippen LogP contribution in [-0.4, -0.2) is 5.11 Å². The van der Waals surface area contributed by atoms with Crippen molar-refractivity contribution < 1.29 is 31.4 Å². The molecule has 0 fully saturated rings. The van der Waals surface area contributed by atoms with Crippen LogP contribution in [0.2, 0.25) is 0 Å². The number of rotatable bonds is 2. The normalized spacial score (nSPS) is 13.3. The van der Waals surface area contributed by atoms with E-state index in [-0.39, 0.29) is 5.56 Å². The number of hydrogen-bond acceptors (Lipinski definition) is 1. The fraction of sp³-hybridized carbons (Fsp3) is 0.143. The predicted octanol–water partition coefficient (Wildman–Crippen LogP) is 4.20. The molecule has 1 atom stereocenters. The molecule has 112 valence electrons. The number of benzene rings is 2. The molecule has 0 amide bonds. The molecule has 21 heavy (non-hydrogen) atoms. The average Bonchev–Trinajstić information content (AvgIpc) is 2.36. The topological polar surface area (TPSA) is 20.2 Å². The Morgan fingerprint density at radius 1 is 0.857 bits per heavy atom.